The van der Waals surface area contributed by atoms with Crippen LogP contribution >= 0.6 is 0 Å². The number of esters is 1. The molecule has 0 fully saturated rings. The molecule has 2 N–H and O–H groups in total. The largest absolute Gasteiger partial charge is 0.456 e. The fourth-order valence-corrected chi connectivity index (χ4v) is 2.55. The van der Waals surface area contributed by atoms with Gasteiger partial charge in [-0.1, -0.05) is 12.1 Å². The van der Waals surface area contributed by atoms with Crippen molar-refractivity contribution < 1.29 is 24.0 Å². The lowest BCUT2D eigenvalue weighted by Gasteiger charge is -2.08. The van der Waals surface area contributed by atoms with Gasteiger partial charge >= 0.3 is 5.97 Å². The molecule has 0 atom stereocenters. The first-order valence-corrected chi connectivity index (χ1v) is 9.31. The molecule has 2 amide bonds. The van der Waals surface area contributed by atoms with Crippen molar-refractivity contribution in [3.8, 4) is 0 Å². The molecule has 0 aliphatic rings. The van der Waals surface area contributed by atoms with E-state index >= 15 is 0 Å². The van der Waals surface area contributed by atoms with Crippen molar-refractivity contribution in [1.82, 2.24) is 0 Å². The van der Waals surface area contributed by atoms with Crippen molar-refractivity contribution in [3.05, 3.63) is 63.7 Å². The van der Waals surface area contributed by atoms with E-state index < -0.39 is 23.4 Å². The lowest BCUT2D eigenvalue weighted by atomic mass is 10.1. The number of anilines is 2. The van der Waals surface area contributed by atoms with Crippen LogP contribution in [0.5, 0.6) is 0 Å². The summed E-state index contributed by atoms with van der Waals surface area (Å²) in [5.41, 5.74) is 2.94. The van der Waals surface area contributed by atoms with E-state index in [0.717, 1.165) is 11.1 Å². The van der Waals surface area contributed by atoms with Crippen LogP contribution in [0.1, 0.15) is 30.4 Å². The SMILES string of the molecule is Cc1ccc(NC(=O)COC(=O)CCCC(=O)Nc2cccc([N+](=O)[O-])c2)cc1C. The number of hydrogen-bond acceptors (Lipinski definition) is 6. The van der Waals surface area contributed by atoms with Gasteiger partial charge in [0.05, 0.1) is 4.92 Å². The van der Waals surface area contributed by atoms with Gasteiger partial charge in [0.15, 0.2) is 6.61 Å². The molecule has 2 rings (SSSR count). The lowest BCUT2D eigenvalue weighted by molar-refractivity contribution is -0.384. The fourth-order valence-electron chi connectivity index (χ4n) is 2.55. The minimum atomic E-state index is -0.589. The number of non-ortho nitro benzene ring substituents is 1. The topological polar surface area (TPSA) is 128 Å². The zero-order valence-corrected chi connectivity index (χ0v) is 16.8. The molecule has 2 aromatic rings. The molecule has 30 heavy (non-hydrogen) atoms. The number of nitrogens with zero attached hydrogens (tertiary/aromatic N) is 1. The highest BCUT2D eigenvalue weighted by atomic mass is 16.6. The van der Waals surface area contributed by atoms with E-state index in [1.54, 1.807) is 6.07 Å². The molecule has 0 radical (unpaired) electrons. The molecule has 0 saturated heterocycles. The summed E-state index contributed by atoms with van der Waals surface area (Å²) in [6, 6.07) is 11.1. The van der Waals surface area contributed by atoms with E-state index in [0.29, 0.717) is 11.4 Å². The number of ether oxygens (including phenoxy) is 1. The van der Waals surface area contributed by atoms with Crippen LogP contribution in [0.15, 0.2) is 42.5 Å². The molecule has 0 aliphatic heterocycles. The number of rotatable bonds is 9. The minimum Gasteiger partial charge on any atom is -0.456 e. The molecule has 0 spiro atoms. The molecule has 0 aromatic heterocycles. The maximum absolute atomic E-state index is 11.9. The van der Waals surface area contributed by atoms with Crippen molar-refractivity contribution in [3.63, 3.8) is 0 Å². The standard InChI is InChI=1S/C21H23N3O6/c1-14-9-10-17(11-15(14)2)23-20(26)13-30-21(27)8-4-7-19(25)22-16-5-3-6-18(12-16)24(28)29/h3,5-6,9-12H,4,7-8,13H2,1-2H3,(H,22,25)(H,23,26). The first kappa shape index (κ1) is 22.5. The number of nitrogens with one attached hydrogen (secondary N) is 2. The van der Waals surface area contributed by atoms with Gasteiger partial charge in [-0.25, -0.2) is 0 Å². The van der Waals surface area contributed by atoms with Crippen molar-refractivity contribution in [2.24, 2.45) is 0 Å². The molecular formula is C21H23N3O6. The minimum absolute atomic E-state index is 0.0285. The number of carbonyl (C=O) groups excluding carboxylic acids is 3. The quantitative estimate of drug-likeness (QED) is 0.368. The third-order valence-corrected chi connectivity index (χ3v) is 4.28. The highest BCUT2D eigenvalue weighted by Gasteiger charge is 2.11. The Morgan fingerprint density at radius 3 is 2.33 bits per heavy atom. The van der Waals surface area contributed by atoms with Gasteiger partial charge in [-0.15, -0.1) is 0 Å². The summed E-state index contributed by atoms with van der Waals surface area (Å²) in [7, 11) is 0. The Morgan fingerprint density at radius 2 is 1.63 bits per heavy atom. The summed E-state index contributed by atoms with van der Waals surface area (Å²) >= 11 is 0. The Labute approximate surface area is 173 Å². The van der Waals surface area contributed by atoms with Crippen LogP contribution in [0.4, 0.5) is 17.1 Å². The Kier molecular flexibility index (Phi) is 8.04. The molecule has 0 heterocycles. The molecule has 9 nitrogen and oxygen atoms in total. The monoisotopic (exact) mass is 413 g/mol. The Hall–Kier alpha value is -3.75. The van der Waals surface area contributed by atoms with Gasteiger partial charge in [-0.3, -0.25) is 24.5 Å². The van der Waals surface area contributed by atoms with E-state index in [1.165, 1.54) is 24.3 Å². The third kappa shape index (κ3) is 7.34. The fraction of sp³-hybridized carbons (Fsp3) is 0.286. The van der Waals surface area contributed by atoms with E-state index in [1.807, 2.05) is 26.0 Å². The molecule has 2 aromatic carbocycles. The summed E-state index contributed by atoms with van der Waals surface area (Å²) in [6.45, 7) is 3.48. The average molecular weight is 413 g/mol. The van der Waals surface area contributed by atoms with Crippen molar-refractivity contribution >= 4 is 34.8 Å². The van der Waals surface area contributed by atoms with E-state index in [2.05, 4.69) is 10.6 Å². The van der Waals surface area contributed by atoms with E-state index in [4.69, 9.17) is 4.74 Å². The van der Waals surface area contributed by atoms with Gasteiger partial charge in [0.25, 0.3) is 11.6 Å². The second kappa shape index (κ2) is 10.7. The maximum Gasteiger partial charge on any atom is 0.306 e. The zero-order chi connectivity index (χ0) is 22.1. The average Bonchev–Trinajstić information content (AvgIpc) is 2.69. The third-order valence-electron chi connectivity index (χ3n) is 4.28. The zero-order valence-electron chi connectivity index (χ0n) is 16.8. The number of aryl methyl sites for hydroxylation is 2. The Balaban J connectivity index is 1.67. The first-order chi connectivity index (χ1) is 14.2. The van der Waals surface area contributed by atoms with Crippen molar-refractivity contribution in [2.45, 2.75) is 33.1 Å². The molecule has 158 valence electrons. The summed E-state index contributed by atoms with van der Waals surface area (Å²) in [5, 5.41) is 15.9. The number of amides is 2. The van der Waals surface area contributed by atoms with Gasteiger partial charge in [-0.05, 0) is 49.6 Å². The van der Waals surface area contributed by atoms with E-state index in [9.17, 15) is 24.5 Å². The van der Waals surface area contributed by atoms with Gasteiger partial charge in [0, 0.05) is 36.3 Å². The van der Waals surface area contributed by atoms with E-state index in [-0.39, 0.29) is 30.9 Å². The highest BCUT2D eigenvalue weighted by molar-refractivity contribution is 5.93. The normalized spacial score (nSPS) is 10.2. The van der Waals surface area contributed by atoms with Crippen LogP contribution in [0.3, 0.4) is 0 Å². The second-order valence-electron chi connectivity index (χ2n) is 6.72. The van der Waals surface area contributed by atoms with Crippen molar-refractivity contribution in [2.75, 3.05) is 17.2 Å². The molecule has 0 aliphatic carbocycles. The van der Waals surface area contributed by atoms with Gasteiger partial charge in [0.2, 0.25) is 5.91 Å². The first-order valence-electron chi connectivity index (χ1n) is 9.31. The summed E-state index contributed by atoms with van der Waals surface area (Å²) < 4.78 is 4.91. The summed E-state index contributed by atoms with van der Waals surface area (Å²) in [4.78, 5) is 45.7. The maximum atomic E-state index is 11.9. The molecule has 0 saturated carbocycles. The Morgan fingerprint density at radius 1 is 0.933 bits per heavy atom. The van der Waals surface area contributed by atoms with Crippen LogP contribution in [-0.4, -0.2) is 29.3 Å². The number of nitro benzene ring substituents is 1. The van der Waals surface area contributed by atoms with Crippen molar-refractivity contribution in [1.29, 1.82) is 0 Å². The van der Waals surface area contributed by atoms with Crippen LogP contribution in [0.2, 0.25) is 0 Å². The predicted octanol–water partition coefficient (Wildman–Crippen LogP) is 3.50. The second-order valence-corrected chi connectivity index (χ2v) is 6.72. The lowest BCUT2D eigenvalue weighted by Crippen LogP contribution is -2.21. The van der Waals surface area contributed by atoms with Gasteiger partial charge in [-0.2, -0.15) is 0 Å². The van der Waals surface area contributed by atoms with Crippen LogP contribution in [0.25, 0.3) is 0 Å². The van der Waals surface area contributed by atoms with Gasteiger partial charge < -0.3 is 15.4 Å². The number of nitro groups is 1. The summed E-state index contributed by atoms with van der Waals surface area (Å²) in [6.07, 6.45) is 0.226. The molecular weight excluding hydrogens is 390 g/mol. The predicted molar refractivity (Wildman–Crippen MR) is 111 cm³/mol. The van der Waals surface area contributed by atoms with Gasteiger partial charge in [0.1, 0.15) is 0 Å². The van der Waals surface area contributed by atoms with Crippen LogP contribution < -0.4 is 10.6 Å². The van der Waals surface area contributed by atoms with Crippen LogP contribution in [0, 0.1) is 24.0 Å². The van der Waals surface area contributed by atoms with Crippen LogP contribution in [-0.2, 0) is 19.1 Å². The number of carbonyl (C=O) groups is 3. The number of benzene rings is 2. The highest BCUT2D eigenvalue weighted by Crippen LogP contribution is 2.17. The molecule has 9 heteroatoms. The molecule has 0 bridgehead atoms. The Bertz CT molecular complexity index is 958. The number of hydrogen-bond donors (Lipinski definition) is 2. The smallest absolute Gasteiger partial charge is 0.306 e. The summed E-state index contributed by atoms with van der Waals surface area (Å²) in [5.74, 6) is -1.42. The molecule has 0 unspecified atom stereocenters.